The van der Waals surface area contributed by atoms with Crippen LogP contribution in [0.2, 0.25) is 0 Å². The van der Waals surface area contributed by atoms with Crippen LogP contribution >= 0.6 is 11.3 Å². The molecule has 0 fully saturated rings. The van der Waals surface area contributed by atoms with Crippen LogP contribution in [-0.2, 0) is 5.41 Å². The molecule has 0 N–H and O–H groups in total. The highest BCUT2D eigenvalue weighted by atomic mass is 32.1. The van der Waals surface area contributed by atoms with E-state index in [-0.39, 0.29) is 0 Å². The van der Waals surface area contributed by atoms with Crippen LogP contribution in [-0.4, -0.2) is 4.57 Å². The Morgan fingerprint density at radius 2 is 0.943 bits per heavy atom. The van der Waals surface area contributed by atoms with Crippen molar-refractivity contribution in [1.82, 2.24) is 4.57 Å². The molecular formula is C67H42N2S. The van der Waals surface area contributed by atoms with Crippen molar-refractivity contribution in [1.29, 1.82) is 0 Å². The summed E-state index contributed by atoms with van der Waals surface area (Å²) in [6, 6.07) is 95.0. The number of benzene rings is 11. The molecule has 70 heavy (non-hydrogen) atoms. The molecular weight excluding hydrogens is 865 g/mol. The first-order chi connectivity index (χ1) is 34.8. The van der Waals surface area contributed by atoms with Gasteiger partial charge >= 0.3 is 0 Å². The fourth-order valence-corrected chi connectivity index (χ4v) is 13.5. The van der Waals surface area contributed by atoms with Crippen LogP contribution in [0, 0.1) is 0 Å². The van der Waals surface area contributed by atoms with Crippen molar-refractivity contribution in [2.45, 2.75) is 5.41 Å². The number of hydrogen-bond acceptors (Lipinski definition) is 2. The van der Waals surface area contributed by atoms with Gasteiger partial charge in [0.1, 0.15) is 0 Å². The first-order valence-electron chi connectivity index (χ1n) is 24.2. The number of para-hydroxylation sites is 4. The number of fused-ring (bicyclic) bond motifs is 15. The lowest BCUT2D eigenvalue weighted by atomic mass is 9.65. The molecule has 2 aromatic heterocycles. The van der Waals surface area contributed by atoms with Gasteiger partial charge < -0.3 is 9.47 Å². The van der Waals surface area contributed by atoms with E-state index in [0.29, 0.717) is 0 Å². The summed E-state index contributed by atoms with van der Waals surface area (Å²) in [5, 5.41) is 5.19. The van der Waals surface area contributed by atoms with E-state index in [0.717, 1.165) is 22.6 Å². The third-order valence-electron chi connectivity index (χ3n) is 15.2. The summed E-state index contributed by atoms with van der Waals surface area (Å²) in [5.74, 6) is 0. The molecule has 1 spiro atoms. The summed E-state index contributed by atoms with van der Waals surface area (Å²) in [6.07, 6.45) is 0. The summed E-state index contributed by atoms with van der Waals surface area (Å²) < 4.78 is 5.16. The third-order valence-corrected chi connectivity index (χ3v) is 16.4. The van der Waals surface area contributed by atoms with Crippen LogP contribution in [0.25, 0.3) is 92.2 Å². The quantitative estimate of drug-likeness (QED) is 0.161. The van der Waals surface area contributed by atoms with Crippen molar-refractivity contribution in [2.75, 3.05) is 4.90 Å². The smallest absolute Gasteiger partial charge is 0.0755 e. The molecule has 326 valence electrons. The summed E-state index contributed by atoms with van der Waals surface area (Å²) in [6.45, 7) is 0. The predicted molar refractivity (Wildman–Crippen MR) is 296 cm³/mol. The van der Waals surface area contributed by atoms with E-state index < -0.39 is 5.41 Å². The molecule has 15 rings (SSSR count). The summed E-state index contributed by atoms with van der Waals surface area (Å²) in [4.78, 5) is 2.54. The summed E-state index contributed by atoms with van der Waals surface area (Å²) >= 11 is 1.87. The molecule has 11 aromatic carbocycles. The second-order valence-corrected chi connectivity index (χ2v) is 19.8. The van der Waals surface area contributed by atoms with E-state index in [1.165, 1.54) is 109 Å². The Balaban J connectivity index is 0.995. The van der Waals surface area contributed by atoms with Gasteiger partial charge in [-0.05, 0) is 104 Å². The lowest BCUT2D eigenvalue weighted by molar-refractivity contribution is 0.748. The van der Waals surface area contributed by atoms with Crippen LogP contribution in [0.3, 0.4) is 0 Å². The first-order valence-corrected chi connectivity index (χ1v) is 25.0. The van der Waals surface area contributed by atoms with Gasteiger partial charge in [0.05, 0.1) is 33.5 Å². The Labute approximate surface area is 410 Å². The molecule has 0 radical (unpaired) electrons. The lowest BCUT2D eigenvalue weighted by Crippen LogP contribution is -2.33. The Hall–Kier alpha value is -8.76. The van der Waals surface area contributed by atoms with Crippen LogP contribution in [0.15, 0.2) is 255 Å². The van der Waals surface area contributed by atoms with Gasteiger partial charge in [0.25, 0.3) is 0 Å². The van der Waals surface area contributed by atoms with Crippen molar-refractivity contribution in [3.05, 3.63) is 277 Å². The van der Waals surface area contributed by atoms with Gasteiger partial charge in [-0.2, -0.15) is 0 Å². The fourth-order valence-electron chi connectivity index (χ4n) is 12.4. The fraction of sp³-hybridized carbons (Fsp3) is 0.0149. The maximum atomic E-state index is 2.54. The first kappa shape index (κ1) is 39.3. The van der Waals surface area contributed by atoms with Gasteiger partial charge in [-0.15, -0.1) is 11.3 Å². The highest BCUT2D eigenvalue weighted by molar-refractivity contribution is 7.25. The van der Waals surface area contributed by atoms with Crippen molar-refractivity contribution < 1.29 is 0 Å². The summed E-state index contributed by atoms with van der Waals surface area (Å²) in [7, 11) is 0. The maximum absolute atomic E-state index is 2.54. The van der Waals surface area contributed by atoms with Crippen LogP contribution in [0.5, 0.6) is 0 Å². The van der Waals surface area contributed by atoms with Crippen LogP contribution in [0.1, 0.15) is 22.3 Å². The molecule has 1 unspecified atom stereocenters. The van der Waals surface area contributed by atoms with E-state index in [1.807, 2.05) is 11.3 Å². The molecule has 3 heteroatoms. The zero-order valence-electron chi connectivity index (χ0n) is 38.1. The molecule has 3 heterocycles. The molecule has 0 saturated heterocycles. The van der Waals surface area contributed by atoms with Gasteiger partial charge in [-0.25, -0.2) is 0 Å². The molecule has 13 aromatic rings. The van der Waals surface area contributed by atoms with Crippen molar-refractivity contribution in [2.24, 2.45) is 0 Å². The molecule has 0 saturated carbocycles. The molecule has 0 bridgehead atoms. The van der Waals surface area contributed by atoms with Crippen LogP contribution in [0.4, 0.5) is 17.1 Å². The molecule has 1 aliphatic heterocycles. The second kappa shape index (κ2) is 15.1. The maximum Gasteiger partial charge on any atom is 0.0755 e. The molecule has 1 atom stereocenters. The van der Waals surface area contributed by atoms with E-state index >= 15 is 0 Å². The average Bonchev–Trinajstić information content (AvgIpc) is 4.08. The van der Waals surface area contributed by atoms with Gasteiger partial charge in [-0.1, -0.05) is 206 Å². The van der Waals surface area contributed by atoms with E-state index in [1.54, 1.807) is 0 Å². The van der Waals surface area contributed by atoms with Crippen molar-refractivity contribution >= 4 is 70.4 Å². The second-order valence-electron chi connectivity index (χ2n) is 18.7. The SMILES string of the molecule is c1ccc(-c2ccccc2-c2ccccc2N(c2ccc(-c3ccc4c(c3)sc3ccccc34)cc2)c2cccc3c2-c2ccccc2C32c3ccccc3-n3c4ccccc4c4cccc2c43)cc1. The Morgan fingerprint density at radius 3 is 1.81 bits per heavy atom. The van der Waals surface area contributed by atoms with E-state index in [9.17, 15) is 0 Å². The zero-order valence-corrected chi connectivity index (χ0v) is 38.9. The Kier molecular flexibility index (Phi) is 8.48. The minimum atomic E-state index is -0.581. The highest BCUT2D eigenvalue weighted by Gasteiger charge is 2.51. The van der Waals surface area contributed by atoms with Gasteiger partial charge in [0, 0.05) is 47.8 Å². The third kappa shape index (κ3) is 5.44. The summed E-state index contributed by atoms with van der Waals surface area (Å²) in [5.41, 5.74) is 21.4. The lowest BCUT2D eigenvalue weighted by Gasteiger charge is -2.39. The standard InChI is InChI=1S/C67H42N2S/c1-2-18-44(19-3-1)47-20-4-5-21-48(47)49-22-7-12-31-59(49)68(46-39-36-43(37-40-46)45-38-41-52-51-24-9-15-35-63(51)70-64(52)42-45)62-34-17-29-57-65(62)54-25-6-10-27-55(54)67(57)56-28-11-14-33-61(56)69-60-32-13-8-23-50(60)53-26-16-30-58(67)66(53)69/h1-42H. The van der Waals surface area contributed by atoms with Gasteiger partial charge in [-0.3, -0.25) is 0 Å². The zero-order chi connectivity index (χ0) is 45.9. The number of thiophene rings is 1. The van der Waals surface area contributed by atoms with Crippen molar-refractivity contribution in [3.8, 4) is 50.2 Å². The minimum absolute atomic E-state index is 0.581. The monoisotopic (exact) mass is 906 g/mol. The molecule has 0 amide bonds. The van der Waals surface area contributed by atoms with E-state index in [2.05, 4.69) is 264 Å². The number of anilines is 3. The molecule has 1 aliphatic carbocycles. The topological polar surface area (TPSA) is 8.17 Å². The largest absolute Gasteiger partial charge is 0.309 e. The normalized spacial score (nSPS) is 14.3. The number of nitrogens with zero attached hydrogens (tertiary/aromatic N) is 2. The highest BCUT2D eigenvalue weighted by Crippen LogP contribution is 2.63. The number of hydrogen-bond donors (Lipinski definition) is 0. The van der Waals surface area contributed by atoms with E-state index in [4.69, 9.17) is 0 Å². The number of rotatable bonds is 6. The average molecular weight is 907 g/mol. The Morgan fingerprint density at radius 1 is 0.343 bits per heavy atom. The van der Waals surface area contributed by atoms with Crippen LogP contribution < -0.4 is 4.90 Å². The molecule has 2 nitrogen and oxygen atoms in total. The van der Waals surface area contributed by atoms with Crippen molar-refractivity contribution in [3.63, 3.8) is 0 Å². The van der Waals surface area contributed by atoms with Gasteiger partial charge in [0.2, 0.25) is 0 Å². The number of aromatic nitrogens is 1. The predicted octanol–water partition coefficient (Wildman–Crippen LogP) is 18.3. The Bertz CT molecular complexity index is 4250. The minimum Gasteiger partial charge on any atom is -0.309 e. The molecule has 2 aliphatic rings. The van der Waals surface area contributed by atoms with Gasteiger partial charge in [0.15, 0.2) is 0 Å².